The highest BCUT2D eigenvalue weighted by Crippen LogP contribution is 2.14. The van der Waals surface area contributed by atoms with Gasteiger partial charge in [-0.1, -0.05) is 154 Å². The zero-order chi connectivity index (χ0) is 36.8. The first-order valence-corrected chi connectivity index (χ1v) is 20.9. The van der Waals surface area contributed by atoms with E-state index in [1.54, 1.807) is 0 Å². The summed E-state index contributed by atoms with van der Waals surface area (Å²) in [6.45, 7) is 5.35. The second kappa shape index (κ2) is 38.1. The van der Waals surface area contributed by atoms with Gasteiger partial charge >= 0.3 is 18.0 Å². The highest BCUT2D eigenvalue weighted by Gasteiger charge is 2.19. The Morgan fingerprint density at radius 1 is 0.540 bits per heavy atom. The molecule has 8 heteroatoms. The molecule has 1 amide bonds. The van der Waals surface area contributed by atoms with Crippen LogP contribution in [0.15, 0.2) is 12.2 Å². The van der Waals surface area contributed by atoms with Crippen molar-refractivity contribution in [2.24, 2.45) is 0 Å². The molecule has 0 aromatic heterocycles. The summed E-state index contributed by atoms with van der Waals surface area (Å²) >= 11 is 0. The second-order valence-electron chi connectivity index (χ2n) is 14.5. The van der Waals surface area contributed by atoms with Gasteiger partial charge in [0.05, 0.1) is 0 Å². The lowest BCUT2D eigenvalue weighted by Gasteiger charge is -2.19. The number of hydrogen-bond acceptors (Lipinski definition) is 7. The highest BCUT2D eigenvalue weighted by atomic mass is 16.6. The molecule has 0 spiro atoms. The van der Waals surface area contributed by atoms with Crippen LogP contribution in [0.4, 0.5) is 4.79 Å². The number of nitrogens with zero attached hydrogens (tertiary/aromatic N) is 1. The lowest BCUT2D eigenvalue weighted by molar-refractivity contribution is -0.152. The quantitative estimate of drug-likeness (QED) is 0.0297. The summed E-state index contributed by atoms with van der Waals surface area (Å²) in [6.07, 6.45) is 35.7. The first-order valence-electron chi connectivity index (χ1n) is 20.9. The van der Waals surface area contributed by atoms with Gasteiger partial charge in [0.1, 0.15) is 13.2 Å². The predicted octanol–water partition coefficient (Wildman–Crippen LogP) is 11.2. The number of hydrogen-bond donors (Lipinski definition) is 1. The van der Waals surface area contributed by atoms with Gasteiger partial charge in [-0.2, -0.15) is 0 Å². The zero-order valence-corrected chi connectivity index (χ0v) is 33.3. The monoisotopic (exact) mass is 709 g/mol. The third-order valence-corrected chi connectivity index (χ3v) is 9.09. The standard InChI is InChI=1S/C42H80N2O6/c1-5-7-9-11-13-15-17-19-20-22-24-26-28-30-32-34-41(46)49-38-39(50-42(47)43-35-36-44(3)4)37-48-40(45)33-31-29-27-25-23-21-18-16-14-12-10-8-6-2/h19-20,39H,5-18,21-38H2,1-4H3,(H,43,47)/b20-19-. The molecule has 0 aromatic carbocycles. The second-order valence-corrected chi connectivity index (χ2v) is 14.5. The number of ether oxygens (including phenoxy) is 3. The molecule has 1 N–H and O–H groups in total. The number of esters is 2. The lowest BCUT2D eigenvalue weighted by Crippen LogP contribution is -2.37. The van der Waals surface area contributed by atoms with E-state index in [1.807, 2.05) is 19.0 Å². The first kappa shape index (κ1) is 47.9. The number of likely N-dealkylation sites (N-methyl/N-ethyl adjacent to an activating group) is 1. The Hall–Kier alpha value is -2.09. The maximum absolute atomic E-state index is 12.4. The van der Waals surface area contributed by atoms with Crippen molar-refractivity contribution in [3.8, 4) is 0 Å². The van der Waals surface area contributed by atoms with Crippen molar-refractivity contribution in [1.82, 2.24) is 10.2 Å². The Morgan fingerprint density at radius 3 is 1.28 bits per heavy atom. The van der Waals surface area contributed by atoms with Crippen LogP contribution in [0.3, 0.4) is 0 Å². The fourth-order valence-electron chi connectivity index (χ4n) is 5.83. The fraction of sp³-hybridized carbons (Fsp3) is 0.881. The van der Waals surface area contributed by atoms with Crippen LogP contribution in [0.1, 0.15) is 194 Å². The maximum atomic E-state index is 12.4. The molecule has 0 rings (SSSR count). The van der Waals surface area contributed by atoms with Gasteiger partial charge in [0.15, 0.2) is 6.10 Å². The summed E-state index contributed by atoms with van der Waals surface area (Å²) in [5, 5.41) is 2.70. The summed E-state index contributed by atoms with van der Waals surface area (Å²) in [7, 11) is 3.84. The van der Waals surface area contributed by atoms with E-state index in [-0.39, 0.29) is 25.2 Å². The van der Waals surface area contributed by atoms with Crippen molar-refractivity contribution in [2.75, 3.05) is 40.4 Å². The van der Waals surface area contributed by atoms with Crippen LogP contribution in [0.25, 0.3) is 0 Å². The van der Waals surface area contributed by atoms with Gasteiger partial charge in [0.2, 0.25) is 0 Å². The number of rotatable bonds is 37. The number of alkyl carbamates (subject to hydrolysis) is 1. The Kier molecular flexibility index (Phi) is 36.6. The van der Waals surface area contributed by atoms with Crippen LogP contribution >= 0.6 is 0 Å². The maximum Gasteiger partial charge on any atom is 0.407 e. The molecule has 0 saturated carbocycles. The van der Waals surface area contributed by atoms with Crippen molar-refractivity contribution in [3.05, 3.63) is 12.2 Å². The minimum Gasteiger partial charge on any atom is -0.462 e. The van der Waals surface area contributed by atoms with Crippen LogP contribution in [0.5, 0.6) is 0 Å². The first-order chi connectivity index (χ1) is 24.4. The predicted molar refractivity (Wildman–Crippen MR) is 209 cm³/mol. The molecule has 294 valence electrons. The van der Waals surface area contributed by atoms with Crippen molar-refractivity contribution >= 4 is 18.0 Å². The third-order valence-electron chi connectivity index (χ3n) is 9.09. The number of unbranched alkanes of at least 4 members (excludes halogenated alkanes) is 23. The van der Waals surface area contributed by atoms with E-state index < -0.39 is 12.2 Å². The van der Waals surface area contributed by atoms with Gasteiger partial charge in [-0.25, -0.2) is 4.79 Å². The largest absolute Gasteiger partial charge is 0.462 e. The van der Waals surface area contributed by atoms with Gasteiger partial charge in [-0.05, 0) is 52.6 Å². The number of allylic oxidation sites excluding steroid dienone is 2. The summed E-state index contributed by atoms with van der Waals surface area (Å²) < 4.78 is 16.3. The topological polar surface area (TPSA) is 94.2 Å². The van der Waals surface area contributed by atoms with Crippen molar-refractivity contribution in [2.45, 2.75) is 200 Å². The number of carbonyl (C=O) groups excluding carboxylic acids is 3. The van der Waals surface area contributed by atoms with Crippen LogP contribution in [0, 0.1) is 0 Å². The average Bonchev–Trinajstić information content (AvgIpc) is 3.09. The van der Waals surface area contributed by atoms with E-state index >= 15 is 0 Å². The average molecular weight is 709 g/mol. The zero-order valence-electron chi connectivity index (χ0n) is 33.3. The molecule has 0 aromatic rings. The molecule has 0 fully saturated rings. The van der Waals surface area contributed by atoms with E-state index in [2.05, 4.69) is 31.3 Å². The van der Waals surface area contributed by atoms with Gasteiger partial charge in [0.25, 0.3) is 0 Å². The SMILES string of the molecule is CCCCCCCC/C=C\CCCCCCCC(=O)OCC(COC(=O)CCCCCCCCCCCCCCC)OC(=O)NCCN(C)C. The molecule has 1 unspecified atom stereocenters. The van der Waals surface area contributed by atoms with Gasteiger partial charge in [-0.3, -0.25) is 9.59 Å². The van der Waals surface area contributed by atoms with Crippen LogP contribution in [0.2, 0.25) is 0 Å². The molecule has 0 aliphatic carbocycles. The Bertz CT molecular complexity index is 803. The van der Waals surface area contributed by atoms with E-state index in [4.69, 9.17) is 14.2 Å². The van der Waals surface area contributed by atoms with Gasteiger partial charge in [-0.15, -0.1) is 0 Å². The molecule has 0 aliphatic heterocycles. The minimum absolute atomic E-state index is 0.126. The van der Waals surface area contributed by atoms with Crippen LogP contribution < -0.4 is 5.32 Å². The van der Waals surface area contributed by atoms with Crippen LogP contribution in [-0.4, -0.2) is 69.4 Å². The van der Waals surface area contributed by atoms with E-state index in [9.17, 15) is 14.4 Å². The number of amides is 1. The molecule has 0 aliphatic rings. The molecule has 0 radical (unpaired) electrons. The fourth-order valence-corrected chi connectivity index (χ4v) is 5.83. The molecule has 1 atom stereocenters. The Labute approximate surface area is 308 Å². The molecule has 8 nitrogen and oxygen atoms in total. The van der Waals surface area contributed by atoms with Crippen molar-refractivity contribution in [3.63, 3.8) is 0 Å². The molecule has 50 heavy (non-hydrogen) atoms. The summed E-state index contributed by atoms with van der Waals surface area (Å²) in [5.74, 6) is -0.628. The molecule has 0 saturated heterocycles. The Balaban J connectivity index is 4.14. The normalized spacial score (nSPS) is 12.0. The lowest BCUT2D eigenvalue weighted by atomic mass is 10.0. The smallest absolute Gasteiger partial charge is 0.407 e. The van der Waals surface area contributed by atoms with Gasteiger partial charge < -0.3 is 24.4 Å². The highest BCUT2D eigenvalue weighted by molar-refractivity contribution is 5.70. The van der Waals surface area contributed by atoms with E-state index in [0.717, 1.165) is 44.9 Å². The van der Waals surface area contributed by atoms with Gasteiger partial charge in [0, 0.05) is 25.9 Å². The molecule has 0 bridgehead atoms. The van der Waals surface area contributed by atoms with Crippen LogP contribution in [-0.2, 0) is 23.8 Å². The molecule has 0 heterocycles. The van der Waals surface area contributed by atoms with Crippen molar-refractivity contribution < 1.29 is 28.6 Å². The molecular weight excluding hydrogens is 628 g/mol. The molecular formula is C42H80N2O6. The summed E-state index contributed by atoms with van der Waals surface area (Å²) in [4.78, 5) is 39.1. The van der Waals surface area contributed by atoms with E-state index in [1.165, 1.54) is 122 Å². The number of nitrogens with one attached hydrogen (secondary N) is 1. The Morgan fingerprint density at radius 2 is 0.900 bits per heavy atom. The number of carbonyl (C=O) groups is 3. The van der Waals surface area contributed by atoms with Crippen molar-refractivity contribution in [1.29, 1.82) is 0 Å². The minimum atomic E-state index is -0.844. The summed E-state index contributed by atoms with van der Waals surface area (Å²) in [6, 6.07) is 0. The van der Waals surface area contributed by atoms with E-state index in [0.29, 0.717) is 25.9 Å². The third kappa shape index (κ3) is 37.2. The summed E-state index contributed by atoms with van der Waals surface area (Å²) in [5.41, 5.74) is 0.